The predicted octanol–water partition coefficient (Wildman–Crippen LogP) is 2.71. The van der Waals surface area contributed by atoms with Gasteiger partial charge in [-0.05, 0) is 35.0 Å². The van der Waals surface area contributed by atoms with Crippen LogP contribution in [0.4, 0.5) is 8.78 Å². The second kappa shape index (κ2) is 5.75. The zero-order valence-corrected chi connectivity index (χ0v) is 12.1. The molecule has 4 nitrogen and oxygen atoms in total. The van der Waals surface area contributed by atoms with E-state index in [2.05, 4.69) is 31.4 Å². The van der Waals surface area contributed by atoms with E-state index >= 15 is 0 Å². The van der Waals surface area contributed by atoms with E-state index < -0.39 is 11.6 Å². The van der Waals surface area contributed by atoms with Gasteiger partial charge < -0.3 is 9.88 Å². The molecule has 0 saturated heterocycles. The summed E-state index contributed by atoms with van der Waals surface area (Å²) in [4.78, 5) is 0. The molecule has 19 heavy (non-hydrogen) atoms. The minimum absolute atomic E-state index is 0.00314. The number of rotatable bonds is 4. The third-order valence-electron chi connectivity index (χ3n) is 2.86. The summed E-state index contributed by atoms with van der Waals surface area (Å²) in [7, 11) is 1.81. The standard InChI is InChI=1S/C12H13BrF2N4/c1-7(12-18-17-6-19(12)2)16-5-8-10(14)4-3-9(13)11(8)15/h3-4,6-7,16H,5H2,1-2H3. The molecule has 0 bridgehead atoms. The van der Waals surface area contributed by atoms with Gasteiger partial charge in [-0.1, -0.05) is 0 Å². The summed E-state index contributed by atoms with van der Waals surface area (Å²) in [5.41, 5.74) is 0.00314. The lowest BCUT2D eigenvalue weighted by atomic mass is 10.2. The number of aryl methyl sites for hydroxylation is 1. The van der Waals surface area contributed by atoms with Gasteiger partial charge in [0.25, 0.3) is 0 Å². The van der Waals surface area contributed by atoms with Crippen LogP contribution in [0.1, 0.15) is 24.4 Å². The quantitative estimate of drug-likeness (QED) is 0.876. The van der Waals surface area contributed by atoms with Crippen LogP contribution in [0.15, 0.2) is 22.9 Å². The molecule has 7 heteroatoms. The lowest BCUT2D eigenvalue weighted by Gasteiger charge is -2.14. The van der Waals surface area contributed by atoms with E-state index in [0.29, 0.717) is 5.82 Å². The maximum atomic E-state index is 13.8. The van der Waals surface area contributed by atoms with E-state index in [9.17, 15) is 8.78 Å². The Labute approximate surface area is 118 Å². The Morgan fingerprint density at radius 2 is 2.16 bits per heavy atom. The molecule has 0 radical (unpaired) electrons. The van der Waals surface area contributed by atoms with Crippen molar-refractivity contribution < 1.29 is 8.78 Å². The molecular weight excluding hydrogens is 318 g/mol. The fraction of sp³-hybridized carbons (Fsp3) is 0.333. The Morgan fingerprint density at radius 1 is 1.42 bits per heavy atom. The molecule has 0 aliphatic heterocycles. The van der Waals surface area contributed by atoms with Crippen molar-refractivity contribution in [2.24, 2.45) is 7.05 Å². The Balaban J connectivity index is 2.11. The molecule has 0 saturated carbocycles. The van der Waals surface area contributed by atoms with Crippen molar-refractivity contribution in [3.05, 3.63) is 46.0 Å². The number of hydrogen-bond donors (Lipinski definition) is 1. The minimum atomic E-state index is -0.585. The molecule has 0 fully saturated rings. The summed E-state index contributed by atoms with van der Waals surface area (Å²) >= 11 is 3.04. The predicted molar refractivity (Wildman–Crippen MR) is 70.3 cm³/mol. The molecule has 0 amide bonds. The fourth-order valence-electron chi connectivity index (χ4n) is 1.76. The molecule has 2 aromatic rings. The topological polar surface area (TPSA) is 42.7 Å². The van der Waals surface area contributed by atoms with E-state index in [0.717, 1.165) is 0 Å². The highest BCUT2D eigenvalue weighted by Gasteiger charge is 2.15. The third-order valence-corrected chi connectivity index (χ3v) is 3.47. The Morgan fingerprint density at radius 3 is 2.79 bits per heavy atom. The molecule has 0 spiro atoms. The summed E-state index contributed by atoms with van der Waals surface area (Å²) < 4.78 is 29.3. The first-order valence-electron chi connectivity index (χ1n) is 5.70. The summed E-state index contributed by atoms with van der Waals surface area (Å²) in [5.74, 6) is -0.452. The van der Waals surface area contributed by atoms with E-state index in [1.807, 2.05) is 14.0 Å². The number of benzene rings is 1. The first-order valence-corrected chi connectivity index (χ1v) is 6.49. The molecule has 102 valence electrons. The van der Waals surface area contributed by atoms with Crippen molar-refractivity contribution >= 4 is 15.9 Å². The lowest BCUT2D eigenvalue weighted by molar-refractivity contribution is 0.488. The Bertz CT molecular complexity index is 585. The summed E-state index contributed by atoms with van der Waals surface area (Å²) in [6.45, 7) is 1.93. The summed E-state index contributed by atoms with van der Waals surface area (Å²) in [6.07, 6.45) is 1.58. The van der Waals surface area contributed by atoms with Gasteiger partial charge in [0.1, 0.15) is 23.8 Å². The van der Waals surface area contributed by atoms with Crippen molar-refractivity contribution in [3.8, 4) is 0 Å². The van der Waals surface area contributed by atoms with Crippen LogP contribution in [0.3, 0.4) is 0 Å². The second-order valence-corrected chi connectivity index (χ2v) is 5.08. The van der Waals surface area contributed by atoms with Gasteiger partial charge in [-0.15, -0.1) is 10.2 Å². The first kappa shape index (κ1) is 14.1. The van der Waals surface area contributed by atoms with Crippen molar-refractivity contribution in [1.82, 2.24) is 20.1 Å². The van der Waals surface area contributed by atoms with Gasteiger partial charge in [0, 0.05) is 19.2 Å². The SMILES string of the molecule is CC(NCc1c(F)ccc(Br)c1F)c1nncn1C. The average Bonchev–Trinajstić information content (AvgIpc) is 2.80. The van der Waals surface area contributed by atoms with Crippen LogP contribution in [0.2, 0.25) is 0 Å². The van der Waals surface area contributed by atoms with E-state index in [1.165, 1.54) is 12.1 Å². The molecule has 1 unspecified atom stereocenters. The van der Waals surface area contributed by atoms with E-state index in [4.69, 9.17) is 0 Å². The van der Waals surface area contributed by atoms with Gasteiger partial charge in [-0.3, -0.25) is 0 Å². The average molecular weight is 331 g/mol. The highest BCUT2D eigenvalue weighted by atomic mass is 79.9. The molecule has 1 heterocycles. The van der Waals surface area contributed by atoms with Crippen LogP contribution in [-0.4, -0.2) is 14.8 Å². The zero-order chi connectivity index (χ0) is 14.0. The van der Waals surface area contributed by atoms with Crippen LogP contribution in [0.25, 0.3) is 0 Å². The van der Waals surface area contributed by atoms with Crippen LogP contribution >= 0.6 is 15.9 Å². The number of nitrogens with one attached hydrogen (secondary N) is 1. The van der Waals surface area contributed by atoms with E-state index in [-0.39, 0.29) is 22.6 Å². The molecule has 2 rings (SSSR count). The van der Waals surface area contributed by atoms with Gasteiger partial charge in [0.05, 0.1) is 10.5 Å². The molecule has 0 aliphatic rings. The monoisotopic (exact) mass is 330 g/mol. The summed E-state index contributed by atoms with van der Waals surface area (Å²) in [6, 6.07) is 2.42. The van der Waals surface area contributed by atoms with Gasteiger partial charge in [-0.25, -0.2) is 8.78 Å². The van der Waals surface area contributed by atoms with Crippen molar-refractivity contribution in [3.63, 3.8) is 0 Å². The summed E-state index contributed by atoms with van der Waals surface area (Å²) in [5, 5.41) is 10.7. The number of aromatic nitrogens is 3. The Hall–Kier alpha value is -1.34. The first-order chi connectivity index (χ1) is 9.00. The van der Waals surface area contributed by atoms with Crippen molar-refractivity contribution in [2.45, 2.75) is 19.5 Å². The van der Waals surface area contributed by atoms with Gasteiger partial charge >= 0.3 is 0 Å². The van der Waals surface area contributed by atoms with Crippen LogP contribution in [-0.2, 0) is 13.6 Å². The van der Waals surface area contributed by atoms with Gasteiger partial charge in [0.15, 0.2) is 0 Å². The smallest absolute Gasteiger partial charge is 0.149 e. The maximum absolute atomic E-state index is 13.8. The second-order valence-electron chi connectivity index (χ2n) is 4.22. The fourth-order valence-corrected chi connectivity index (χ4v) is 2.13. The molecule has 0 aliphatic carbocycles. The molecule has 1 atom stereocenters. The highest BCUT2D eigenvalue weighted by Crippen LogP contribution is 2.22. The minimum Gasteiger partial charge on any atom is -0.319 e. The normalized spacial score (nSPS) is 12.7. The highest BCUT2D eigenvalue weighted by molar-refractivity contribution is 9.10. The van der Waals surface area contributed by atoms with Crippen molar-refractivity contribution in [1.29, 1.82) is 0 Å². The van der Waals surface area contributed by atoms with Gasteiger partial charge in [-0.2, -0.15) is 0 Å². The lowest BCUT2D eigenvalue weighted by Crippen LogP contribution is -2.22. The third kappa shape index (κ3) is 2.98. The maximum Gasteiger partial charge on any atom is 0.149 e. The molecule has 1 N–H and O–H groups in total. The van der Waals surface area contributed by atoms with Crippen LogP contribution < -0.4 is 5.32 Å². The molecule has 1 aromatic heterocycles. The van der Waals surface area contributed by atoms with Gasteiger partial charge in [0.2, 0.25) is 0 Å². The number of nitrogens with zero attached hydrogens (tertiary/aromatic N) is 3. The zero-order valence-electron chi connectivity index (χ0n) is 10.5. The van der Waals surface area contributed by atoms with Crippen molar-refractivity contribution in [2.75, 3.05) is 0 Å². The largest absolute Gasteiger partial charge is 0.319 e. The number of hydrogen-bond acceptors (Lipinski definition) is 3. The van der Waals surface area contributed by atoms with Crippen LogP contribution in [0, 0.1) is 11.6 Å². The van der Waals surface area contributed by atoms with E-state index in [1.54, 1.807) is 10.9 Å². The molecular formula is C12H13BrF2N4. The molecule has 1 aromatic carbocycles. The van der Waals surface area contributed by atoms with Crippen LogP contribution in [0.5, 0.6) is 0 Å². The Kier molecular flexibility index (Phi) is 4.26. The number of halogens is 3.